The summed E-state index contributed by atoms with van der Waals surface area (Å²) in [5, 5.41) is 15.0. The van der Waals surface area contributed by atoms with E-state index in [1.807, 2.05) is 12.3 Å². The average Bonchev–Trinajstić information content (AvgIpc) is 2.64. The number of aromatic nitrogens is 1. The van der Waals surface area contributed by atoms with E-state index in [1.165, 1.54) is 0 Å². The summed E-state index contributed by atoms with van der Waals surface area (Å²) >= 11 is 1.56. The van der Waals surface area contributed by atoms with Crippen molar-refractivity contribution < 1.29 is 9.90 Å². The van der Waals surface area contributed by atoms with Crippen molar-refractivity contribution in [2.45, 2.75) is 45.7 Å². The minimum Gasteiger partial charge on any atom is -0.480 e. The highest BCUT2D eigenvalue weighted by atomic mass is 32.1. The first-order chi connectivity index (χ1) is 7.63. The quantitative estimate of drug-likeness (QED) is 0.769. The van der Waals surface area contributed by atoms with E-state index in [2.05, 4.69) is 17.2 Å². The first-order valence-corrected chi connectivity index (χ1v) is 6.38. The van der Waals surface area contributed by atoms with Crippen molar-refractivity contribution in [1.82, 2.24) is 10.3 Å². The van der Waals surface area contributed by atoms with Crippen LogP contribution in [-0.4, -0.2) is 22.1 Å². The van der Waals surface area contributed by atoms with Crippen LogP contribution < -0.4 is 5.32 Å². The Bertz CT molecular complexity index is 338. The molecule has 0 spiro atoms. The normalized spacial score (nSPS) is 12.6. The molecule has 0 fully saturated rings. The van der Waals surface area contributed by atoms with Crippen LogP contribution in [0.5, 0.6) is 0 Å². The lowest BCUT2D eigenvalue weighted by Crippen LogP contribution is -2.36. The van der Waals surface area contributed by atoms with Gasteiger partial charge in [-0.2, -0.15) is 0 Å². The van der Waals surface area contributed by atoms with Crippen LogP contribution in [0.4, 0.5) is 0 Å². The number of carbonyl (C=O) groups is 1. The zero-order valence-electron chi connectivity index (χ0n) is 9.69. The maximum Gasteiger partial charge on any atom is 0.320 e. The Labute approximate surface area is 99.7 Å². The highest BCUT2D eigenvalue weighted by molar-refractivity contribution is 7.09. The zero-order chi connectivity index (χ0) is 12.0. The molecule has 1 aromatic heterocycles. The van der Waals surface area contributed by atoms with Crippen LogP contribution in [0.3, 0.4) is 0 Å². The molecular formula is C11H18N2O2S. The van der Waals surface area contributed by atoms with Gasteiger partial charge in [-0.15, -0.1) is 11.3 Å². The summed E-state index contributed by atoms with van der Waals surface area (Å²) in [4.78, 5) is 15.2. The van der Waals surface area contributed by atoms with E-state index in [0.29, 0.717) is 13.0 Å². The smallest absolute Gasteiger partial charge is 0.320 e. The van der Waals surface area contributed by atoms with Crippen LogP contribution in [0.2, 0.25) is 0 Å². The van der Waals surface area contributed by atoms with E-state index in [0.717, 1.165) is 23.5 Å². The Morgan fingerprint density at radius 3 is 2.94 bits per heavy atom. The molecule has 90 valence electrons. The summed E-state index contributed by atoms with van der Waals surface area (Å²) in [6, 6.07) is -0.454. The van der Waals surface area contributed by atoms with Crippen molar-refractivity contribution in [3.05, 3.63) is 16.1 Å². The molecule has 0 aliphatic rings. The van der Waals surface area contributed by atoms with Gasteiger partial charge in [0.05, 0.1) is 0 Å². The van der Waals surface area contributed by atoms with E-state index in [9.17, 15) is 4.79 Å². The van der Waals surface area contributed by atoms with E-state index in [1.54, 1.807) is 11.3 Å². The van der Waals surface area contributed by atoms with Gasteiger partial charge >= 0.3 is 5.97 Å². The van der Waals surface area contributed by atoms with Gasteiger partial charge in [0.25, 0.3) is 0 Å². The number of carboxylic acid groups (broad SMARTS) is 1. The fourth-order valence-electron chi connectivity index (χ4n) is 1.42. The molecule has 1 aromatic rings. The molecule has 0 aromatic carbocycles. The number of aryl methyl sites for hydroxylation is 1. The third-order valence-corrected chi connectivity index (χ3v) is 3.28. The molecule has 0 saturated carbocycles. The lowest BCUT2D eigenvalue weighted by molar-refractivity contribution is -0.139. The summed E-state index contributed by atoms with van der Waals surface area (Å²) in [5.41, 5.74) is 0.988. The topological polar surface area (TPSA) is 62.2 Å². The van der Waals surface area contributed by atoms with Gasteiger partial charge in [-0.3, -0.25) is 10.1 Å². The Kier molecular flexibility index (Phi) is 5.42. The predicted octanol–water partition coefficient (Wildman–Crippen LogP) is 2.18. The molecule has 1 heterocycles. The van der Waals surface area contributed by atoms with Crippen molar-refractivity contribution in [3.8, 4) is 0 Å². The molecule has 1 rings (SSSR count). The van der Waals surface area contributed by atoms with Crippen molar-refractivity contribution in [2.24, 2.45) is 0 Å². The minimum atomic E-state index is -0.776. The molecule has 4 nitrogen and oxygen atoms in total. The Morgan fingerprint density at radius 1 is 1.69 bits per heavy atom. The summed E-state index contributed by atoms with van der Waals surface area (Å²) in [7, 11) is 0. The van der Waals surface area contributed by atoms with E-state index in [-0.39, 0.29) is 0 Å². The van der Waals surface area contributed by atoms with Gasteiger partial charge < -0.3 is 5.11 Å². The van der Waals surface area contributed by atoms with Crippen molar-refractivity contribution >= 4 is 17.3 Å². The number of nitrogens with zero attached hydrogens (tertiary/aromatic N) is 1. The van der Waals surface area contributed by atoms with Crippen molar-refractivity contribution in [1.29, 1.82) is 0 Å². The van der Waals surface area contributed by atoms with E-state index in [4.69, 9.17) is 5.11 Å². The maximum atomic E-state index is 11.0. The monoisotopic (exact) mass is 242 g/mol. The number of unbranched alkanes of at least 4 members (excludes halogenated alkanes) is 1. The average molecular weight is 242 g/mol. The fraction of sp³-hybridized carbons (Fsp3) is 0.636. The number of hydrogen-bond acceptors (Lipinski definition) is 4. The standard InChI is InChI=1S/C11H18N2O2S/c1-3-4-5-9(11(14)15)12-6-10-13-8(2)7-16-10/h7,9,12H,3-6H2,1-2H3,(H,14,15). The second-order valence-corrected chi connectivity index (χ2v) is 4.74. The Balaban J connectivity index is 2.40. The third-order valence-electron chi connectivity index (χ3n) is 2.31. The largest absolute Gasteiger partial charge is 0.480 e. The molecule has 0 aliphatic carbocycles. The summed E-state index contributed by atoms with van der Waals surface area (Å²) in [5.74, 6) is -0.776. The van der Waals surface area contributed by atoms with Crippen molar-refractivity contribution in [3.63, 3.8) is 0 Å². The number of carboxylic acids is 1. The molecule has 1 unspecified atom stereocenters. The molecule has 0 amide bonds. The Morgan fingerprint density at radius 2 is 2.44 bits per heavy atom. The molecule has 5 heteroatoms. The lowest BCUT2D eigenvalue weighted by atomic mass is 10.1. The van der Waals surface area contributed by atoms with E-state index >= 15 is 0 Å². The first-order valence-electron chi connectivity index (χ1n) is 5.50. The van der Waals surface area contributed by atoms with Gasteiger partial charge in [0, 0.05) is 17.6 Å². The molecule has 0 bridgehead atoms. The highest BCUT2D eigenvalue weighted by Gasteiger charge is 2.16. The van der Waals surface area contributed by atoms with E-state index < -0.39 is 12.0 Å². The summed E-state index contributed by atoms with van der Waals surface area (Å²) in [6.07, 6.45) is 2.62. The van der Waals surface area contributed by atoms with Crippen LogP contribution in [0, 0.1) is 6.92 Å². The molecule has 2 N–H and O–H groups in total. The fourth-order valence-corrected chi connectivity index (χ4v) is 2.14. The van der Waals surface area contributed by atoms with Gasteiger partial charge in [-0.05, 0) is 13.3 Å². The number of hydrogen-bond donors (Lipinski definition) is 2. The number of nitrogens with one attached hydrogen (secondary N) is 1. The SMILES string of the molecule is CCCCC(NCc1nc(C)cs1)C(=O)O. The van der Waals surface area contributed by atoms with Crippen LogP contribution in [0.15, 0.2) is 5.38 Å². The Hall–Kier alpha value is -0.940. The third kappa shape index (κ3) is 4.28. The van der Waals surface area contributed by atoms with Gasteiger partial charge in [-0.25, -0.2) is 4.98 Å². The zero-order valence-corrected chi connectivity index (χ0v) is 10.5. The number of aliphatic carboxylic acids is 1. The van der Waals surface area contributed by atoms with Gasteiger partial charge in [0.2, 0.25) is 0 Å². The maximum absolute atomic E-state index is 11.0. The molecule has 1 atom stereocenters. The predicted molar refractivity (Wildman–Crippen MR) is 64.6 cm³/mol. The molecule has 0 aliphatic heterocycles. The molecular weight excluding hydrogens is 224 g/mol. The minimum absolute atomic E-state index is 0.454. The van der Waals surface area contributed by atoms with Crippen LogP contribution in [0.25, 0.3) is 0 Å². The highest BCUT2D eigenvalue weighted by Crippen LogP contribution is 2.09. The lowest BCUT2D eigenvalue weighted by Gasteiger charge is -2.12. The summed E-state index contributed by atoms with van der Waals surface area (Å²) in [6.45, 7) is 4.54. The number of rotatable bonds is 7. The van der Waals surface area contributed by atoms with Gasteiger partial charge in [0.1, 0.15) is 11.0 Å². The molecule has 0 saturated heterocycles. The molecule has 16 heavy (non-hydrogen) atoms. The first kappa shape index (κ1) is 13.1. The van der Waals surface area contributed by atoms with Gasteiger partial charge in [-0.1, -0.05) is 19.8 Å². The van der Waals surface area contributed by atoms with Crippen LogP contribution in [0.1, 0.15) is 36.9 Å². The van der Waals surface area contributed by atoms with Crippen LogP contribution >= 0.6 is 11.3 Å². The second-order valence-electron chi connectivity index (χ2n) is 3.80. The molecule has 0 radical (unpaired) electrons. The van der Waals surface area contributed by atoms with Gasteiger partial charge in [0.15, 0.2) is 0 Å². The van der Waals surface area contributed by atoms with Crippen molar-refractivity contribution in [2.75, 3.05) is 0 Å². The summed E-state index contributed by atoms with van der Waals surface area (Å²) < 4.78 is 0. The number of thiazole rings is 1. The van der Waals surface area contributed by atoms with Crippen LogP contribution in [-0.2, 0) is 11.3 Å². The second kappa shape index (κ2) is 6.60.